The minimum Gasteiger partial charge on any atom is -0.358 e. The van der Waals surface area contributed by atoms with Crippen LogP contribution < -0.4 is 4.90 Å². The van der Waals surface area contributed by atoms with E-state index in [0.717, 1.165) is 12.0 Å². The highest BCUT2D eigenvalue weighted by Gasteiger charge is 2.53. The molecule has 0 spiro atoms. The van der Waals surface area contributed by atoms with Crippen molar-refractivity contribution in [1.82, 2.24) is 25.0 Å². The summed E-state index contributed by atoms with van der Waals surface area (Å²) in [7, 11) is 0. The number of fused-ring (bicyclic) bond motifs is 1. The molecule has 0 radical (unpaired) electrons. The number of amides is 1. The molecule has 2 aromatic heterocycles. The molecule has 10 nitrogen and oxygen atoms in total. The van der Waals surface area contributed by atoms with Crippen molar-refractivity contribution >= 4 is 17.7 Å². The molecule has 118 valence electrons. The van der Waals surface area contributed by atoms with Gasteiger partial charge in [0.1, 0.15) is 11.3 Å². The summed E-state index contributed by atoms with van der Waals surface area (Å²) >= 11 is 0. The summed E-state index contributed by atoms with van der Waals surface area (Å²) < 4.78 is 1.36. The Balaban J connectivity index is 1.53. The molecule has 1 aliphatic heterocycles. The highest BCUT2D eigenvalue weighted by atomic mass is 16.6. The maximum absolute atomic E-state index is 12.1. The second-order valence-electron chi connectivity index (χ2n) is 5.86. The summed E-state index contributed by atoms with van der Waals surface area (Å²) in [6, 6.07) is 0. The monoisotopic (exact) mass is 315 g/mol. The first kappa shape index (κ1) is 13.7. The lowest BCUT2D eigenvalue weighted by Gasteiger charge is -2.16. The third kappa shape index (κ3) is 2.31. The Bertz CT molecular complexity index is 818. The number of anilines is 1. The number of piperidine rings is 1. The molecule has 1 saturated heterocycles. The van der Waals surface area contributed by atoms with Crippen LogP contribution >= 0.6 is 0 Å². The molecular formula is C13H13N7O3. The van der Waals surface area contributed by atoms with Crippen molar-refractivity contribution in [2.75, 3.05) is 11.4 Å². The van der Waals surface area contributed by atoms with Gasteiger partial charge in [-0.2, -0.15) is 0 Å². The molecule has 2 aliphatic rings. The van der Waals surface area contributed by atoms with E-state index in [9.17, 15) is 14.9 Å². The zero-order valence-electron chi connectivity index (χ0n) is 12.3. The molecule has 2 fully saturated rings. The topological polar surface area (TPSA) is 120 Å². The number of nitrogens with zero attached hydrogens (tertiary/aromatic N) is 7. The summed E-state index contributed by atoms with van der Waals surface area (Å²) in [5.74, 6) is 0.847. The highest BCUT2D eigenvalue weighted by molar-refractivity contribution is 5.98. The summed E-state index contributed by atoms with van der Waals surface area (Å²) in [6.45, 7) is 2.79. The van der Waals surface area contributed by atoms with Gasteiger partial charge in [-0.25, -0.2) is 14.6 Å². The lowest BCUT2D eigenvalue weighted by atomic mass is 10.2. The zero-order valence-corrected chi connectivity index (χ0v) is 12.3. The molecule has 4 rings (SSSR count). The summed E-state index contributed by atoms with van der Waals surface area (Å²) in [5, 5.41) is 17.8. The Labute approximate surface area is 130 Å². The van der Waals surface area contributed by atoms with Crippen LogP contribution in [0, 0.1) is 28.9 Å². The van der Waals surface area contributed by atoms with Gasteiger partial charge in [-0.3, -0.25) is 9.69 Å². The van der Waals surface area contributed by atoms with Crippen molar-refractivity contribution in [2.24, 2.45) is 11.8 Å². The normalized spacial score (nSPS) is 22.3. The molecule has 1 amide bonds. The Morgan fingerprint density at radius 3 is 2.91 bits per heavy atom. The Hall–Kier alpha value is -2.91. The van der Waals surface area contributed by atoms with Gasteiger partial charge in [-0.05, 0) is 24.2 Å². The van der Waals surface area contributed by atoms with E-state index in [4.69, 9.17) is 0 Å². The Kier molecular flexibility index (Phi) is 2.86. The molecule has 0 unspecified atom stereocenters. The number of hydrogen-bond donors (Lipinski definition) is 0. The molecule has 2 atom stereocenters. The molecule has 1 aliphatic carbocycles. The molecule has 10 heteroatoms. The fourth-order valence-electron chi connectivity index (χ4n) is 2.85. The van der Waals surface area contributed by atoms with Gasteiger partial charge in [0.15, 0.2) is 0 Å². The van der Waals surface area contributed by atoms with Gasteiger partial charge in [0, 0.05) is 29.9 Å². The number of aryl methyl sites for hydroxylation is 1. The second-order valence-corrected chi connectivity index (χ2v) is 5.86. The van der Waals surface area contributed by atoms with Crippen LogP contribution in [-0.4, -0.2) is 42.3 Å². The maximum atomic E-state index is 12.1. The number of aromatic nitrogens is 5. The van der Waals surface area contributed by atoms with Crippen molar-refractivity contribution in [2.45, 2.75) is 19.9 Å². The van der Waals surface area contributed by atoms with Crippen LogP contribution in [0.4, 0.5) is 11.8 Å². The fraction of sp³-hybridized carbons (Fsp3) is 0.462. The van der Waals surface area contributed by atoms with Crippen LogP contribution in [0.1, 0.15) is 17.7 Å². The van der Waals surface area contributed by atoms with Gasteiger partial charge in [-0.15, -0.1) is 0 Å². The molecular weight excluding hydrogens is 302 g/mol. The van der Waals surface area contributed by atoms with Gasteiger partial charge in [0.05, 0.1) is 11.8 Å². The number of nitro groups is 1. The predicted octanol–water partition coefficient (Wildman–Crippen LogP) is 0.316. The first-order valence-corrected chi connectivity index (χ1v) is 7.21. The lowest BCUT2D eigenvalue weighted by molar-refractivity contribution is -0.389. The fourth-order valence-corrected chi connectivity index (χ4v) is 2.85. The molecule has 23 heavy (non-hydrogen) atoms. The average molecular weight is 315 g/mol. The van der Waals surface area contributed by atoms with Gasteiger partial charge >= 0.3 is 5.82 Å². The number of carbonyl (C=O) groups excluding carboxylic acids is 1. The van der Waals surface area contributed by atoms with Gasteiger partial charge < -0.3 is 10.1 Å². The first-order valence-electron chi connectivity index (χ1n) is 7.21. The van der Waals surface area contributed by atoms with E-state index >= 15 is 0 Å². The molecule has 0 N–H and O–H groups in total. The molecule has 1 saturated carbocycles. The lowest BCUT2D eigenvalue weighted by Crippen LogP contribution is -2.30. The quantitative estimate of drug-likeness (QED) is 0.588. The van der Waals surface area contributed by atoms with E-state index < -0.39 is 4.92 Å². The van der Waals surface area contributed by atoms with Gasteiger partial charge in [0.25, 0.3) is 0 Å². The SMILES string of the molecule is Cc1nc(N2C[C@H]3C[C@H]3C2=O)ncc1Cn1cc([N+](=O)[O-])nn1. The summed E-state index contributed by atoms with van der Waals surface area (Å²) in [5.41, 5.74) is 1.48. The third-order valence-corrected chi connectivity index (χ3v) is 4.28. The van der Waals surface area contributed by atoms with E-state index in [1.165, 1.54) is 10.9 Å². The van der Waals surface area contributed by atoms with Crippen LogP contribution in [0.2, 0.25) is 0 Å². The van der Waals surface area contributed by atoms with Crippen molar-refractivity contribution in [3.05, 3.63) is 33.8 Å². The second kappa shape index (κ2) is 4.80. The van der Waals surface area contributed by atoms with Gasteiger partial charge in [0.2, 0.25) is 11.9 Å². The van der Waals surface area contributed by atoms with E-state index in [-0.39, 0.29) is 24.2 Å². The highest BCUT2D eigenvalue weighted by Crippen LogP contribution is 2.46. The Morgan fingerprint density at radius 2 is 2.30 bits per heavy atom. The molecule has 0 aromatic carbocycles. The van der Waals surface area contributed by atoms with Crippen molar-refractivity contribution in [3.63, 3.8) is 0 Å². The van der Waals surface area contributed by atoms with Crippen LogP contribution in [0.5, 0.6) is 0 Å². The largest absolute Gasteiger partial charge is 0.410 e. The van der Waals surface area contributed by atoms with Crippen molar-refractivity contribution in [3.8, 4) is 0 Å². The van der Waals surface area contributed by atoms with E-state index in [0.29, 0.717) is 24.1 Å². The van der Waals surface area contributed by atoms with Crippen LogP contribution in [-0.2, 0) is 11.3 Å². The van der Waals surface area contributed by atoms with E-state index in [1.54, 1.807) is 11.1 Å². The summed E-state index contributed by atoms with van der Waals surface area (Å²) in [6.07, 6.45) is 3.87. The number of carbonyl (C=O) groups is 1. The van der Waals surface area contributed by atoms with Gasteiger partial charge in [-0.1, -0.05) is 0 Å². The smallest absolute Gasteiger partial charge is 0.358 e. The molecule has 2 aromatic rings. The standard InChI is InChI=1S/C13H13N7O3/c1-7-9(4-18-6-11(16-17-18)20(22)23)3-14-13(15-7)19-5-8-2-10(8)12(19)21/h3,6,8,10H,2,4-5H2,1H3/t8-,10-/m1/s1. The Morgan fingerprint density at radius 1 is 1.48 bits per heavy atom. The van der Waals surface area contributed by atoms with Crippen molar-refractivity contribution in [1.29, 1.82) is 0 Å². The first-order chi connectivity index (χ1) is 11.0. The van der Waals surface area contributed by atoms with E-state index in [2.05, 4.69) is 20.3 Å². The third-order valence-electron chi connectivity index (χ3n) is 4.28. The molecule has 3 heterocycles. The summed E-state index contributed by atoms with van der Waals surface area (Å²) in [4.78, 5) is 32.4. The zero-order chi connectivity index (χ0) is 16.1. The maximum Gasteiger partial charge on any atom is 0.410 e. The minimum absolute atomic E-state index is 0.106. The van der Waals surface area contributed by atoms with Crippen molar-refractivity contribution < 1.29 is 9.72 Å². The van der Waals surface area contributed by atoms with E-state index in [1.807, 2.05) is 6.92 Å². The average Bonchev–Trinajstić information content (AvgIpc) is 3.00. The van der Waals surface area contributed by atoms with Crippen LogP contribution in [0.15, 0.2) is 12.4 Å². The minimum atomic E-state index is -0.597. The van der Waals surface area contributed by atoms with Crippen LogP contribution in [0.3, 0.4) is 0 Å². The number of rotatable bonds is 4. The predicted molar refractivity (Wildman–Crippen MR) is 76.5 cm³/mol. The van der Waals surface area contributed by atoms with Crippen LogP contribution in [0.25, 0.3) is 0 Å². The number of hydrogen-bond acceptors (Lipinski definition) is 7. The molecule has 0 bridgehead atoms.